The van der Waals surface area contributed by atoms with E-state index in [0.717, 1.165) is 19.6 Å². The normalized spacial score (nSPS) is 43.7. The highest BCUT2D eigenvalue weighted by molar-refractivity contribution is 5.74. The predicted octanol–water partition coefficient (Wildman–Crippen LogP) is 2.27. The Kier molecular flexibility index (Phi) is 3.63. The molecule has 5 heteroatoms. The van der Waals surface area contributed by atoms with Crippen LogP contribution in [0.15, 0.2) is 24.3 Å². The van der Waals surface area contributed by atoms with Gasteiger partial charge in [-0.3, -0.25) is 4.79 Å². The summed E-state index contributed by atoms with van der Waals surface area (Å²) in [5, 5.41) is 3.85. The molecule has 7 atom stereocenters. The maximum absolute atomic E-state index is 12.6. The van der Waals surface area contributed by atoms with Gasteiger partial charge in [0, 0.05) is 29.1 Å². The number of benzene rings is 1. The van der Waals surface area contributed by atoms with Crippen molar-refractivity contribution in [3.8, 4) is 0 Å². The summed E-state index contributed by atoms with van der Waals surface area (Å²) in [4.78, 5) is 15.1. The van der Waals surface area contributed by atoms with E-state index in [4.69, 9.17) is 9.47 Å². The van der Waals surface area contributed by atoms with Gasteiger partial charge in [0.25, 0.3) is 0 Å². The summed E-state index contributed by atoms with van der Waals surface area (Å²) in [7, 11) is 3.74. The summed E-state index contributed by atoms with van der Waals surface area (Å²) in [6.45, 7) is 3.86. The molecule has 26 heavy (non-hydrogen) atoms. The van der Waals surface area contributed by atoms with Gasteiger partial charge >= 0.3 is 5.97 Å². The fourth-order valence-corrected chi connectivity index (χ4v) is 6.64. The van der Waals surface area contributed by atoms with E-state index in [1.807, 2.05) is 6.92 Å². The molecule has 0 amide bonds. The Morgan fingerprint density at radius 1 is 1.35 bits per heavy atom. The first-order valence-electron chi connectivity index (χ1n) is 9.83. The molecular weight excluding hydrogens is 328 g/mol. The zero-order chi connectivity index (χ0) is 18.1. The van der Waals surface area contributed by atoms with Gasteiger partial charge < -0.3 is 19.7 Å². The second-order valence-electron chi connectivity index (χ2n) is 8.61. The van der Waals surface area contributed by atoms with Gasteiger partial charge in [-0.2, -0.15) is 0 Å². The number of nitrogens with one attached hydrogen (secondary N) is 1. The van der Waals surface area contributed by atoms with Crippen LogP contribution in [0.3, 0.4) is 0 Å². The maximum Gasteiger partial charge on any atom is 0.311 e. The van der Waals surface area contributed by atoms with Gasteiger partial charge in [-0.15, -0.1) is 0 Å². The molecule has 5 rings (SSSR count). The quantitative estimate of drug-likeness (QED) is 0.783. The predicted molar refractivity (Wildman–Crippen MR) is 99.1 cm³/mol. The molecule has 0 radical (unpaired) electrons. The molecule has 0 bridgehead atoms. The highest BCUT2D eigenvalue weighted by atomic mass is 16.5. The fraction of sp³-hybridized carbons (Fsp3) is 0.667. The van der Waals surface area contributed by atoms with E-state index in [2.05, 4.69) is 41.5 Å². The van der Waals surface area contributed by atoms with Crippen molar-refractivity contribution in [2.45, 2.75) is 43.4 Å². The first kappa shape index (κ1) is 16.6. The van der Waals surface area contributed by atoms with E-state index in [1.54, 1.807) is 0 Å². The van der Waals surface area contributed by atoms with Crippen molar-refractivity contribution in [3.63, 3.8) is 0 Å². The summed E-state index contributed by atoms with van der Waals surface area (Å²) in [5.41, 5.74) is 2.87. The largest absolute Gasteiger partial charge is 0.469 e. The Bertz CT molecular complexity index is 738. The molecule has 1 aromatic rings. The average molecular weight is 356 g/mol. The molecule has 2 saturated heterocycles. The lowest BCUT2D eigenvalue weighted by atomic mass is 9.55. The van der Waals surface area contributed by atoms with Crippen molar-refractivity contribution >= 4 is 11.7 Å². The third kappa shape index (κ3) is 1.96. The third-order valence-corrected chi connectivity index (χ3v) is 7.76. The van der Waals surface area contributed by atoms with Gasteiger partial charge in [0.2, 0.25) is 0 Å². The third-order valence-electron chi connectivity index (χ3n) is 7.76. The molecule has 3 heterocycles. The van der Waals surface area contributed by atoms with Gasteiger partial charge in [-0.25, -0.2) is 0 Å². The number of ether oxygens (including phenoxy) is 2. The van der Waals surface area contributed by atoms with Crippen LogP contribution < -0.4 is 5.32 Å². The number of hydrogen-bond acceptors (Lipinski definition) is 5. The zero-order valence-electron chi connectivity index (χ0n) is 15.8. The Morgan fingerprint density at radius 2 is 2.15 bits per heavy atom. The number of likely N-dealkylation sites (N-methyl/N-ethyl adjacent to an activating group) is 1. The van der Waals surface area contributed by atoms with Gasteiger partial charge in [0.05, 0.1) is 25.7 Å². The van der Waals surface area contributed by atoms with E-state index in [-0.39, 0.29) is 23.4 Å². The number of carbonyl (C=O) groups is 1. The highest BCUT2D eigenvalue weighted by Crippen LogP contribution is 2.60. The molecule has 4 aliphatic rings. The van der Waals surface area contributed by atoms with Crippen molar-refractivity contribution in [2.75, 3.05) is 32.6 Å². The Balaban J connectivity index is 1.61. The molecule has 1 saturated carbocycles. The topological polar surface area (TPSA) is 50.8 Å². The number of para-hydroxylation sites is 1. The molecular formula is C21H28N2O3. The lowest BCUT2D eigenvalue weighted by Gasteiger charge is -2.54. The van der Waals surface area contributed by atoms with Crippen molar-refractivity contribution < 1.29 is 14.3 Å². The minimum Gasteiger partial charge on any atom is -0.469 e. The number of fused-ring (bicyclic) bond motifs is 3. The van der Waals surface area contributed by atoms with E-state index in [1.165, 1.54) is 24.8 Å². The first-order chi connectivity index (χ1) is 12.6. The van der Waals surface area contributed by atoms with Crippen LogP contribution in [0, 0.1) is 17.8 Å². The van der Waals surface area contributed by atoms with Crippen LogP contribution in [-0.4, -0.2) is 56.4 Å². The van der Waals surface area contributed by atoms with Crippen LogP contribution >= 0.6 is 0 Å². The van der Waals surface area contributed by atoms with E-state index < -0.39 is 0 Å². The van der Waals surface area contributed by atoms with Crippen LogP contribution in [0.2, 0.25) is 0 Å². The maximum atomic E-state index is 12.6. The van der Waals surface area contributed by atoms with Crippen LogP contribution in [-0.2, 0) is 19.7 Å². The summed E-state index contributed by atoms with van der Waals surface area (Å²) in [6, 6.07) is 9.57. The molecule has 1 aliphatic carbocycles. The fourth-order valence-electron chi connectivity index (χ4n) is 6.64. The molecule has 3 fully saturated rings. The zero-order valence-corrected chi connectivity index (χ0v) is 15.8. The number of hydrogen-bond donors (Lipinski definition) is 1. The smallest absolute Gasteiger partial charge is 0.311 e. The number of esters is 1. The average Bonchev–Trinajstić information content (AvgIpc) is 3.17. The molecule has 3 aliphatic heterocycles. The molecule has 140 valence electrons. The second kappa shape index (κ2) is 5.70. The minimum absolute atomic E-state index is 0.0771. The van der Waals surface area contributed by atoms with Crippen LogP contribution in [0.25, 0.3) is 0 Å². The number of rotatable bonds is 1. The first-order valence-corrected chi connectivity index (χ1v) is 9.83. The highest BCUT2D eigenvalue weighted by Gasteiger charge is 2.65. The molecule has 5 nitrogen and oxygen atoms in total. The minimum atomic E-state index is -0.170. The summed E-state index contributed by atoms with van der Waals surface area (Å²) in [5.74, 6) is 0.356. The lowest BCUT2D eigenvalue weighted by molar-refractivity contribution is -0.171. The monoisotopic (exact) mass is 356 g/mol. The van der Waals surface area contributed by atoms with E-state index >= 15 is 0 Å². The molecule has 1 aromatic carbocycles. The van der Waals surface area contributed by atoms with E-state index in [9.17, 15) is 4.79 Å². The van der Waals surface area contributed by atoms with Gasteiger partial charge in [0.15, 0.2) is 0 Å². The lowest BCUT2D eigenvalue weighted by Crippen LogP contribution is -2.63. The number of likely N-dealkylation sites (tertiary alicyclic amines) is 1. The van der Waals surface area contributed by atoms with Gasteiger partial charge in [0.1, 0.15) is 0 Å². The van der Waals surface area contributed by atoms with Crippen LogP contribution in [0.5, 0.6) is 0 Å². The van der Waals surface area contributed by atoms with Crippen molar-refractivity contribution in [1.29, 1.82) is 0 Å². The van der Waals surface area contributed by atoms with Crippen LogP contribution in [0.1, 0.15) is 25.3 Å². The van der Waals surface area contributed by atoms with Gasteiger partial charge in [-0.05, 0) is 50.9 Å². The number of anilines is 1. The Morgan fingerprint density at radius 3 is 2.96 bits per heavy atom. The summed E-state index contributed by atoms with van der Waals surface area (Å²) in [6.07, 6.45) is 2.14. The number of methoxy groups -OCH3 is 1. The van der Waals surface area contributed by atoms with Crippen molar-refractivity contribution in [1.82, 2.24) is 4.90 Å². The van der Waals surface area contributed by atoms with Crippen molar-refractivity contribution in [2.24, 2.45) is 17.8 Å². The number of nitrogens with zero attached hydrogens (tertiary/aromatic N) is 1. The second-order valence-corrected chi connectivity index (χ2v) is 8.61. The molecule has 0 unspecified atom stereocenters. The van der Waals surface area contributed by atoms with Crippen molar-refractivity contribution in [3.05, 3.63) is 29.8 Å². The molecule has 0 aromatic heterocycles. The van der Waals surface area contributed by atoms with E-state index in [0.29, 0.717) is 23.9 Å². The van der Waals surface area contributed by atoms with Gasteiger partial charge in [-0.1, -0.05) is 18.2 Å². The Labute approximate surface area is 155 Å². The number of carbonyl (C=O) groups excluding carboxylic acids is 1. The summed E-state index contributed by atoms with van der Waals surface area (Å²) < 4.78 is 11.3. The molecule has 1 N–H and O–H groups in total. The standard InChI is InChI=1S/C21H28N2O3/c1-12-18(20(24)25-3)13-10-17-21(8-9-23(17)2)15-6-4-5-7-16(15)22-19(21)14(13)11-26-12/h4-7,12-14,17-19,22H,8-11H2,1-3H3/t12-,13-,14-,17+,18+,19+,21-/m1/s1. The Hall–Kier alpha value is -1.59. The SMILES string of the molecule is COC(=O)[C@@H]1[C@@H]2C[C@@H]3N(C)CC[C@@]34c3ccccc3N[C@H]4[C@@H]2CO[C@@H]1C. The van der Waals surface area contributed by atoms with Crippen LogP contribution in [0.4, 0.5) is 5.69 Å². The molecule has 1 spiro atoms. The summed E-state index contributed by atoms with van der Waals surface area (Å²) >= 11 is 0.